The van der Waals surface area contributed by atoms with Crippen LogP contribution in [0.3, 0.4) is 0 Å². The number of hydrogen-bond acceptors (Lipinski definition) is 4. The van der Waals surface area contributed by atoms with Crippen LogP contribution >= 0.6 is 11.6 Å². The molecule has 32 heavy (non-hydrogen) atoms. The third-order valence-corrected chi connectivity index (χ3v) is 7.11. The van der Waals surface area contributed by atoms with Gasteiger partial charge in [-0.15, -0.1) is 0 Å². The van der Waals surface area contributed by atoms with Gasteiger partial charge in [0.1, 0.15) is 0 Å². The van der Waals surface area contributed by atoms with E-state index in [2.05, 4.69) is 10.3 Å². The number of halogens is 1. The molecule has 0 atom stereocenters. The van der Waals surface area contributed by atoms with Crippen LogP contribution in [-0.4, -0.2) is 36.7 Å². The summed E-state index contributed by atoms with van der Waals surface area (Å²) in [7, 11) is -3.59. The number of pyridine rings is 1. The Morgan fingerprint density at radius 2 is 1.69 bits per heavy atom. The maximum absolute atomic E-state index is 12.9. The second-order valence-electron chi connectivity index (χ2n) is 7.29. The molecule has 1 amide bonds. The van der Waals surface area contributed by atoms with Gasteiger partial charge in [0, 0.05) is 36.1 Å². The van der Waals surface area contributed by atoms with E-state index in [1.807, 2.05) is 32.0 Å². The highest BCUT2D eigenvalue weighted by atomic mass is 35.5. The van der Waals surface area contributed by atoms with E-state index in [0.29, 0.717) is 40.6 Å². The van der Waals surface area contributed by atoms with Crippen molar-refractivity contribution in [2.24, 2.45) is 0 Å². The van der Waals surface area contributed by atoms with Crippen molar-refractivity contribution in [1.82, 2.24) is 9.29 Å². The third-order valence-electron chi connectivity index (χ3n) is 4.87. The Labute approximate surface area is 194 Å². The molecule has 0 fully saturated rings. The lowest BCUT2D eigenvalue weighted by molar-refractivity contribution is 0.102. The number of carbonyl (C=O) groups excluding carboxylic acids is 1. The molecule has 0 saturated heterocycles. The number of hydrogen-bond donors (Lipinski definition) is 1. The molecule has 6 nitrogen and oxygen atoms in total. The van der Waals surface area contributed by atoms with Crippen LogP contribution in [0.2, 0.25) is 5.02 Å². The van der Waals surface area contributed by atoms with E-state index in [9.17, 15) is 13.2 Å². The molecule has 1 N–H and O–H groups in total. The first kappa shape index (κ1) is 23.9. The van der Waals surface area contributed by atoms with Gasteiger partial charge in [-0.3, -0.25) is 9.78 Å². The van der Waals surface area contributed by atoms with Crippen LogP contribution in [-0.2, 0) is 10.0 Å². The molecule has 0 unspecified atom stereocenters. The summed E-state index contributed by atoms with van der Waals surface area (Å²) in [5, 5.41) is 3.36. The minimum absolute atomic E-state index is 0.180. The lowest BCUT2D eigenvalue weighted by Crippen LogP contribution is -2.32. The minimum Gasteiger partial charge on any atom is -0.322 e. The van der Waals surface area contributed by atoms with Gasteiger partial charge in [-0.2, -0.15) is 4.31 Å². The summed E-state index contributed by atoms with van der Waals surface area (Å²) in [5.74, 6) is -0.345. The fourth-order valence-corrected chi connectivity index (χ4v) is 5.14. The van der Waals surface area contributed by atoms with Gasteiger partial charge in [0.15, 0.2) is 0 Å². The lowest BCUT2D eigenvalue weighted by Gasteiger charge is -2.21. The molecule has 0 saturated carbocycles. The summed E-state index contributed by atoms with van der Waals surface area (Å²) in [6, 6.07) is 16.7. The average Bonchev–Trinajstić information content (AvgIpc) is 2.81. The smallest absolute Gasteiger partial charge is 0.255 e. The highest BCUT2D eigenvalue weighted by Gasteiger charge is 2.23. The van der Waals surface area contributed by atoms with Crippen molar-refractivity contribution in [3.63, 3.8) is 0 Å². The van der Waals surface area contributed by atoms with Crippen LogP contribution in [0, 0.1) is 0 Å². The minimum atomic E-state index is -3.59. The number of anilines is 1. The Morgan fingerprint density at radius 1 is 1.00 bits per heavy atom. The normalized spacial score (nSPS) is 11.5. The predicted molar refractivity (Wildman–Crippen MR) is 128 cm³/mol. The van der Waals surface area contributed by atoms with Gasteiger partial charge >= 0.3 is 0 Å². The first-order chi connectivity index (χ1) is 15.4. The topological polar surface area (TPSA) is 79.4 Å². The molecule has 168 valence electrons. The summed E-state index contributed by atoms with van der Waals surface area (Å²) in [6.07, 6.45) is 3.15. The Hall–Kier alpha value is -2.74. The van der Waals surface area contributed by atoms with E-state index in [-0.39, 0.29) is 10.8 Å². The Bertz CT molecular complexity index is 1160. The SMILES string of the molecule is CCCN(CCC)S(=O)(=O)c1ccc(C(=O)Nc2ccc(Cl)c(-c3ccccn3)c2)cc1. The second kappa shape index (κ2) is 10.7. The van der Waals surface area contributed by atoms with E-state index in [4.69, 9.17) is 11.6 Å². The first-order valence-corrected chi connectivity index (χ1v) is 12.3. The van der Waals surface area contributed by atoms with Crippen LogP contribution < -0.4 is 5.32 Å². The Balaban J connectivity index is 1.78. The summed E-state index contributed by atoms with van der Waals surface area (Å²) < 4.78 is 27.3. The molecule has 2 aromatic carbocycles. The Morgan fingerprint density at radius 3 is 2.28 bits per heavy atom. The van der Waals surface area contributed by atoms with Crippen molar-refractivity contribution >= 4 is 33.2 Å². The summed E-state index contributed by atoms with van der Waals surface area (Å²) in [5.41, 5.74) is 2.33. The molecule has 0 spiro atoms. The molecule has 3 rings (SSSR count). The molecule has 0 bridgehead atoms. The standard InChI is InChI=1S/C24H26ClN3O3S/c1-3-15-28(16-4-2)32(30,31)20-11-8-18(9-12-20)24(29)27-19-10-13-22(25)21(17-19)23-7-5-6-14-26-23/h5-14,17H,3-4,15-16H2,1-2H3,(H,27,29). The largest absolute Gasteiger partial charge is 0.322 e. The predicted octanol–water partition coefficient (Wildman–Crippen LogP) is 5.47. The summed E-state index contributed by atoms with van der Waals surface area (Å²) in [6.45, 7) is 4.82. The fourth-order valence-electron chi connectivity index (χ4n) is 3.30. The Kier molecular flexibility index (Phi) is 8.01. The van der Waals surface area contributed by atoms with E-state index >= 15 is 0 Å². The zero-order valence-corrected chi connectivity index (χ0v) is 19.7. The number of sulfonamides is 1. The van der Waals surface area contributed by atoms with Crippen LogP contribution in [0.15, 0.2) is 71.8 Å². The highest BCUT2D eigenvalue weighted by Crippen LogP contribution is 2.29. The molecule has 0 radical (unpaired) electrons. The lowest BCUT2D eigenvalue weighted by atomic mass is 10.1. The van der Waals surface area contributed by atoms with E-state index in [1.54, 1.807) is 24.4 Å². The maximum atomic E-state index is 12.9. The van der Waals surface area contributed by atoms with Crippen LogP contribution in [0.5, 0.6) is 0 Å². The van der Waals surface area contributed by atoms with Gasteiger partial charge < -0.3 is 5.32 Å². The monoisotopic (exact) mass is 471 g/mol. The molecule has 0 aliphatic rings. The molecular weight excluding hydrogens is 446 g/mol. The molecule has 8 heteroatoms. The molecule has 0 aliphatic heterocycles. The molecule has 1 aromatic heterocycles. The van der Waals surface area contributed by atoms with Crippen molar-refractivity contribution in [2.45, 2.75) is 31.6 Å². The third kappa shape index (κ3) is 5.54. The number of benzene rings is 2. The molecular formula is C24H26ClN3O3S. The van der Waals surface area contributed by atoms with E-state index < -0.39 is 10.0 Å². The molecule has 3 aromatic rings. The van der Waals surface area contributed by atoms with Gasteiger partial charge in [0.05, 0.1) is 15.6 Å². The van der Waals surface area contributed by atoms with Crippen LogP contribution in [0.1, 0.15) is 37.0 Å². The van der Waals surface area contributed by atoms with Crippen molar-refractivity contribution in [1.29, 1.82) is 0 Å². The van der Waals surface area contributed by atoms with Crippen molar-refractivity contribution in [3.8, 4) is 11.3 Å². The van der Waals surface area contributed by atoms with Crippen molar-refractivity contribution in [2.75, 3.05) is 18.4 Å². The van der Waals surface area contributed by atoms with Crippen LogP contribution in [0.4, 0.5) is 5.69 Å². The number of amides is 1. The fraction of sp³-hybridized carbons (Fsp3) is 0.250. The van der Waals surface area contributed by atoms with Gasteiger partial charge in [0.25, 0.3) is 5.91 Å². The van der Waals surface area contributed by atoms with Gasteiger partial charge in [-0.25, -0.2) is 8.42 Å². The number of carbonyl (C=O) groups is 1. The van der Waals surface area contributed by atoms with Gasteiger partial charge in [-0.05, 0) is 67.4 Å². The average molecular weight is 472 g/mol. The highest BCUT2D eigenvalue weighted by molar-refractivity contribution is 7.89. The first-order valence-electron chi connectivity index (χ1n) is 10.5. The van der Waals surface area contributed by atoms with Crippen molar-refractivity contribution in [3.05, 3.63) is 77.4 Å². The summed E-state index contributed by atoms with van der Waals surface area (Å²) >= 11 is 6.30. The number of nitrogens with zero attached hydrogens (tertiary/aromatic N) is 2. The van der Waals surface area contributed by atoms with Gasteiger partial charge in [-0.1, -0.05) is 31.5 Å². The summed E-state index contributed by atoms with van der Waals surface area (Å²) in [4.78, 5) is 17.2. The van der Waals surface area contributed by atoms with Gasteiger partial charge in [0.2, 0.25) is 10.0 Å². The second-order valence-corrected chi connectivity index (χ2v) is 9.64. The van der Waals surface area contributed by atoms with Crippen molar-refractivity contribution < 1.29 is 13.2 Å². The van der Waals surface area contributed by atoms with E-state index in [1.165, 1.54) is 28.6 Å². The quantitative estimate of drug-likeness (QED) is 0.449. The number of nitrogens with one attached hydrogen (secondary N) is 1. The molecule has 0 aliphatic carbocycles. The zero-order chi connectivity index (χ0) is 23.1. The zero-order valence-electron chi connectivity index (χ0n) is 18.1. The van der Waals surface area contributed by atoms with Crippen LogP contribution in [0.25, 0.3) is 11.3 Å². The maximum Gasteiger partial charge on any atom is 0.255 e. The van der Waals surface area contributed by atoms with E-state index in [0.717, 1.165) is 12.8 Å². The number of rotatable bonds is 9. The molecule has 1 heterocycles. The number of aromatic nitrogens is 1.